The highest BCUT2D eigenvalue weighted by atomic mass is 19.1. The molecule has 2 aromatic heterocycles. The number of piperazine rings is 1. The van der Waals surface area contributed by atoms with Gasteiger partial charge in [0.15, 0.2) is 5.58 Å². The van der Waals surface area contributed by atoms with E-state index in [1.807, 2.05) is 17.0 Å². The van der Waals surface area contributed by atoms with Gasteiger partial charge in [-0.3, -0.25) is 9.78 Å². The van der Waals surface area contributed by atoms with Gasteiger partial charge in [0.05, 0.1) is 17.2 Å². The van der Waals surface area contributed by atoms with Crippen LogP contribution >= 0.6 is 0 Å². The molecular weight excluding hydrogens is 399 g/mol. The summed E-state index contributed by atoms with van der Waals surface area (Å²) in [7, 11) is 0. The standard InChI is InChI=1S/C23H21FN4O3/c24-16-10-15(14-25)11-17(12-16)27-5-7-28(8-6-27)23(29)18-3-4-26-19-13-21(31-22(18)19)20-2-1-9-30-20/h3-4,10-13,20H,1-2,5-9H2. The molecule has 0 N–H and O–H groups in total. The molecular formula is C23H21FN4O3. The number of ether oxygens (including phenoxy) is 1. The van der Waals surface area contributed by atoms with Gasteiger partial charge >= 0.3 is 0 Å². The van der Waals surface area contributed by atoms with Crippen LogP contribution in [-0.2, 0) is 4.74 Å². The molecule has 0 radical (unpaired) electrons. The predicted molar refractivity (Wildman–Crippen MR) is 111 cm³/mol. The van der Waals surface area contributed by atoms with E-state index in [1.165, 1.54) is 12.1 Å². The third-order valence-corrected chi connectivity index (χ3v) is 5.85. The molecule has 1 amide bonds. The van der Waals surface area contributed by atoms with E-state index in [2.05, 4.69) is 4.98 Å². The molecule has 2 saturated heterocycles. The van der Waals surface area contributed by atoms with Crippen molar-refractivity contribution in [2.75, 3.05) is 37.7 Å². The van der Waals surface area contributed by atoms with Crippen molar-refractivity contribution in [1.82, 2.24) is 9.88 Å². The molecule has 158 valence electrons. The van der Waals surface area contributed by atoms with Crippen molar-refractivity contribution in [2.24, 2.45) is 0 Å². The zero-order valence-corrected chi connectivity index (χ0v) is 16.9. The molecule has 7 nitrogen and oxygen atoms in total. The number of furan rings is 1. The maximum absolute atomic E-state index is 13.8. The second kappa shape index (κ2) is 8.00. The van der Waals surface area contributed by atoms with Crippen molar-refractivity contribution >= 4 is 22.7 Å². The number of carbonyl (C=O) groups excluding carboxylic acids is 1. The number of rotatable bonds is 3. The Labute approximate surface area is 178 Å². The van der Waals surface area contributed by atoms with Gasteiger partial charge in [-0.25, -0.2) is 4.39 Å². The highest BCUT2D eigenvalue weighted by Gasteiger charge is 2.27. The molecule has 3 aromatic rings. The van der Waals surface area contributed by atoms with Crippen LogP contribution in [0.1, 0.15) is 40.6 Å². The molecule has 1 atom stereocenters. The second-order valence-corrected chi connectivity index (χ2v) is 7.81. The number of hydrogen-bond donors (Lipinski definition) is 0. The number of halogens is 1. The van der Waals surface area contributed by atoms with E-state index in [0.29, 0.717) is 60.9 Å². The largest absolute Gasteiger partial charge is 0.456 e. The quantitative estimate of drug-likeness (QED) is 0.643. The summed E-state index contributed by atoms with van der Waals surface area (Å²) in [5.74, 6) is 0.160. The van der Waals surface area contributed by atoms with Crippen LogP contribution in [0.15, 0.2) is 40.9 Å². The number of amides is 1. The zero-order valence-electron chi connectivity index (χ0n) is 16.9. The van der Waals surface area contributed by atoms with Gasteiger partial charge in [0.1, 0.15) is 23.2 Å². The summed E-state index contributed by atoms with van der Waals surface area (Å²) in [6.45, 7) is 2.79. The van der Waals surface area contributed by atoms with Crippen molar-refractivity contribution < 1.29 is 18.3 Å². The Kier molecular flexibility index (Phi) is 5.04. The van der Waals surface area contributed by atoms with Crippen molar-refractivity contribution in [1.29, 1.82) is 5.26 Å². The number of fused-ring (bicyclic) bond motifs is 1. The summed E-state index contributed by atoms with van der Waals surface area (Å²) in [5, 5.41) is 9.07. The Morgan fingerprint density at radius 2 is 2.03 bits per heavy atom. The van der Waals surface area contributed by atoms with E-state index in [-0.39, 0.29) is 17.6 Å². The molecule has 0 saturated carbocycles. The van der Waals surface area contributed by atoms with E-state index in [0.717, 1.165) is 12.8 Å². The van der Waals surface area contributed by atoms with E-state index in [1.54, 1.807) is 23.2 Å². The smallest absolute Gasteiger partial charge is 0.257 e. The average molecular weight is 420 g/mol. The van der Waals surface area contributed by atoms with Gasteiger partial charge in [0, 0.05) is 50.7 Å². The first kappa shape index (κ1) is 19.5. The minimum absolute atomic E-state index is 0.0785. The normalized spacial score (nSPS) is 19.0. The van der Waals surface area contributed by atoms with Crippen LogP contribution in [0, 0.1) is 17.1 Å². The second-order valence-electron chi connectivity index (χ2n) is 7.81. The number of anilines is 1. The fraction of sp³-hybridized carbons (Fsp3) is 0.348. The van der Waals surface area contributed by atoms with Crippen LogP contribution in [0.4, 0.5) is 10.1 Å². The lowest BCUT2D eigenvalue weighted by atomic mass is 10.1. The lowest BCUT2D eigenvalue weighted by Gasteiger charge is -2.36. The first-order valence-corrected chi connectivity index (χ1v) is 10.4. The zero-order chi connectivity index (χ0) is 21.4. The Hall–Kier alpha value is -3.44. The molecule has 1 unspecified atom stereocenters. The minimum atomic E-state index is -0.438. The number of pyridine rings is 1. The van der Waals surface area contributed by atoms with Crippen LogP contribution in [0.3, 0.4) is 0 Å². The number of hydrogen-bond acceptors (Lipinski definition) is 6. The molecule has 2 fully saturated rings. The van der Waals surface area contributed by atoms with E-state index in [4.69, 9.17) is 14.4 Å². The Balaban J connectivity index is 1.33. The maximum Gasteiger partial charge on any atom is 0.257 e. The molecule has 31 heavy (non-hydrogen) atoms. The van der Waals surface area contributed by atoms with Crippen LogP contribution in [0.25, 0.3) is 11.1 Å². The fourth-order valence-electron chi connectivity index (χ4n) is 4.25. The number of nitrogens with zero attached hydrogens (tertiary/aromatic N) is 4. The van der Waals surface area contributed by atoms with Crippen LogP contribution in [0.5, 0.6) is 0 Å². The Morgan fingerprint density at radius 3 is 2.77 bits per heavy atom. The van der Waals surface area contributed by atoms with Crippen LogP contribution < -0.4 is 4.90 Å². The van der Waals surface area contributed by atoms with Crippen molar-refractivity contribution in [2.45, 2.75) is 18.9 Å². The summed E-state index contributed by atoms with van der Waals surface area (Å²) in [4.78, 5) is 21.3. The topological polar surface area (TPSA) is 82.6 Å². The van der Waals surface area contributed by atoms with Gasteiger partial charge in [0.25, 0.3) is 5.91 Å². The average Bonchev–Trinajstić information content (AvgIpc) is 3.47. The SMILES string of the molecule is N#Cc1cc(F)cc(N2CCN(C(=O)c3ccnc4cc(C5CCCO5)oc34)CC2)c1. The van der Waals surface area contributed by atoms with Crippen molar-refractivity contribution in [3.63, 3.8) is 0 Å². The molecule has 0 bridgehead atoms. The maximum atomic E-state index is 13.8. The van der Waals surface area contributed by atoms with Gasteiger partial charge in [-0.05, 0) is 37.1 Å². The number of carbonyl (C=O) groups is 1. The molecule has 4 heterocycles. The van der Waals surface area contributed by atoms with Crippen LogP contribution in [-0.4, -0.2) is 48.6 Å². The van der Waals surface area contributed by atoms with E-state index >= 15 is 0 Å². The summed E-state index contributed by atoms with van der Waals surface area (Å²) < 4.78 is 25.5. The monoisotopic (exact) mass is 420 g/mol. The lowest BCUT2D eigenvalue weighted by Crippen LogP contribution is -2.48. The van der Waals surface area contributed by atoms with Gasteiger partial charge < -0.3 is 19.0 Å². The first-order chi connectivity index (χ1) is 15.1. The van der Waals surface area contributed by atoms with Crippen molar-refractivity contribution in [3.05, 3.63) is 59.2 Å². The van der Waals surface area contributed by atoms with Gasteiger partial charge in [-0.15, -0.1) is 0 Å². The summed E-state index contributed by atoms with van der Waals surface area (Å²) in [6.07, 6.45) is 3.44. The minimum Gasteiger partial charge on any atom is -0.456 e. The molecule has 8 heteroatoms. The molecule has 1 aromatic carbocycles. The molecule has 2 aliphatic heterocycles. The Morgan fingerprint density at radius 1 is 1.19 bits per heavy atom. The number of nitriles is 1. The summed E-state index contributed by atoms with van der Waals surface area (Å²) >= 11 is 0. The van der Waals surface area contributed by atoms with Gasteiger partial charge in [-0.2, -0.15) is 5.26 Å². The van der Waals surface area contributed by atoms with E-state index < -0.39 is 5.82 Å². The number of benzene rings is 1. The molecule has 0 spiro atoms. The highest BCUT2D eigenvalue weighted by Crippen LogP contribution is 2.33. The summed E-state index contributed by atoms with van der Waals surface area (Å²) in [6, 6.07) is 9.82. The van der Waals surface area contributed by atoms with E-state index in [9.17, 15) is 9.18 Å². The molecule has 2 aliphatic rings. The van der Waals surface area contributed by atoms with Gasteiger partial charge in [0.2, 0.25) is 0 Å². The summed E-state index contributed by atoms with van der Waals surface area (Å²) in [5.41, 5.74) is 2.57. The molecule has 0 aliphatic carbocycles. The van der Waals surface area contributed by atoms with Gasteiger partial charge in [-0.1, -0.05) is 0 Å². The number of aromatic nitrogens is 1. The van der Waals surface area contributed by atoms with Crippen LogP contribution in [0.2, 0.25) is 0 Å². The molecule has 5 rings (SSSR count). The van der Waals surface area contributed by atoms with Crippen molar-refractivity contribution in [3.8, 4) is 6.07 Å². The fourth-order valence-corrected chi connectivity index (χ4v) is 4.25. The Bertz CT molecular complexity index is 1170. The predicted octanol–water partition coefficient (Wildman–Crippen LogP) is 3.65. The highest BCUT2D eigenvalue weighted by molar-refractivity contribution is 6.04. The lowest BCUT2D eigenvalue weighted by molar-refractivity contribution is 0.0745. The third kappa shape index (κ3) is 3.73. The first-order valence-electron chi connectivity index (χ1n) is 10.4. The third-order valence-electron chi connectivity index (χ3n) is 5.85.